The van der Waals surface area contributed by atoms with Crippen molar-refractivity contribution in [1.82, 2.24) is 0 Å². The smallest absolute Gasteiger partial charge is 0.389 e. The van der Waals surface area contributed by atoms with Gasteiger partial charge in [0.25, 0.3) is 0 Å². The molecule has 18 heteroatoms. The highest BCUT2D eigenvalue weighted by atomic mass is 28.5. The molecule has 0 aliphatic heterocycles. The Morgan fingerprint density at radius 1 is 0.667 bits per heavy atom. The number of methoxy groups -OCH3 is 1. The molecule has 0 aromatic carbocycles. The van der Waals surface area contributed by atoms with Gasteiger partial charge in [-0.2, -0.15) is 13.2 Å². The third-order valence-electron chi connectivity index (χ3n) is 5.92. The average Bonchev–Trinajstić information content (AvgIpc) is 2.84. The molecule has 0 bridgehead atoms. The Morgan fingerprint density at radius 3 is 1.47 bits per heavy atom. The van der Waals surface area contributed by atoms with Crippen molar-refractivity contribution >= 4 is 54.3 Å². The van der Waals surface area contributed by atoms with Crippen molar-refractivity contribution in [3.63, 3.8) is 0 Å². The van der Waals surface area contributed by atoms with E-state index in [1.54, 1.807) is 46.8 Å². The molecular weight excluding hydrogens is 682 g/mol. The number of carbonyl (C=O) groups is 2. The molecular formula is C27H55F3O10Si5. The molecule has 0 aromatic rings. The molecule has 0 aliphatic carbocycles. The number of ether oxygens (including phenoxy) is 4. The molecule has 0 rings (SSSR count). The topological polar surface area (TPSA) is 108 Å². The highest BCUT2D eigenvalue weighted by Crippen LogP contribution is 2.34. The molecule has 0 saturated carbocycles. The molecule has 0 heterocycles. The van der Waals surface area contributed by atoms with E-state index in [-0.39, 0.29) is 29.7 Å². The van der Waals surface area contributed by atoms with Crippen molar-refractivity contribution in [2.75, 3.05) is 39.4 Å². The predicted molar refractivity (Wildman–Crippen MR) is 179 cm³/mol. The summed E-state index contributed by atoms with van der Waals surface area (Å²) in [6.45, 7) is 25.9. The Bertz CT molecular complexity index is 997. The van der Waals surface area contributed by atoms with Gasteiger partial charge in [-0.05, 0) is 84.7 Å². The third kappa shape index (κ3) is 20.8. The maximum atomic E-state index is 13.4. The lowest BCUT2D eigenvalue weighted by atomic mass is 10.4. The molecule has 2 atom stereocenters. The van der Waals surface area contributed by atoms with Gasteiger partial charge in [-0.15, -0.1) is 0 Å². The molecule has 45 heavy (non-hydrogen) atoms. The first-order valence-corrected chi connectivity index (χ1v) is 28.9. The Morgan fingerprint density at radius 2 is 1.09 bits per heavy atom. The highest BCUT2D eigenvalue weighted by Gasteiger charge is 2.50. The molecule has 0 fully saturated rings. The van der Waals surface area contributed by atoms with E-state index in [1.165, 1.54) is 6.92 Å². The van der Waals surface area contributed by atoms with Gasteiger partial charge in [-0.25, -0.2) is 9.59 Å². The van der Waals surface area contributed by atoms with Gasteiger partial charge in [-0.3, -0.25) is 0 Å². The van der Waals surface area contributed by atoms with Crippen LogP contribution in [0.2, 0.25) is 64.5 Å². The van der Waals surface area contributed by atoms with Crippen LogP contribution in [0.25, 0.3) is 0 Å². The first-order chi connectivity index (χ1) is 20.3. The third-order valence-corrected chi connectivity index (χ3v) is 25.3. The highest BCUT2D eigenvalue weighted by molar-refractivity contribution is 6.91. The second kappa shape index (κ2) is 18.6. The Balaban J connectivity index is 6.12. The van der Waals surface area contributed by atoms with Gasteiger partial charge in [-0.1, -0.05) is 13.2 Å². The fourth-order valence-electron chi connectivity index (χ4n) is 4.37. The van der Waals surface area contributed by atoms with E-state index in [0.717, 1.165) is 0 Å². The zero-order chi connectivity index (χ0) is 35.3. The SMILES string of the molecule is C=C(C)C(=O)OC[Si](C)(C)O[Si](C)(CCCOCCOC)O[Si](C)(C)O[Si](C)(CCC(F)(F)F)O[Si](C)(C)COC(=O)C(=C)C. The lowest BCUT2D eigenvalue weighted by molar-refractivity contribution is -0.138. The van der Waals surface area contributed by atoms with E-state index in [1.807, 2.05) is 19.6 Å². The van der Waals surface area contributed by atoms with Gasteiger partial charge in [0.05, 0.1) is 13.2 Å². The van der Waals surface area contributed by atoms with Crippen LogP contribution in [0.5, 0.6) is 0 Å². The number of halogens is 3. The maximum absolute atomic E-state index is 13.4. The lowest BCUT2D eigenvalue weighted by Gasteiger charge is -2.44. The Hall–Kier alpha value is -0.946. The number of carbonyl (C=O) groups excluding carboxylic acids is 2. The van der Waals surface area contributed by atoms with Gasteiger partial charge in [0.2, 0.25) is 16.6 Å². The van der Waals surface area contributed by atoms with Gasteiger partial charge in [0, 0.05) is 31.3 Å². The second-order valence-corrected chi connectivity index (χ2v) is 32.3. The standard InChI is InChI=1S/C27H55F3O10Si5/c1-23(2)25(31)35-21-41(6,7)37-44(12,19-14-16-34-18-17-33-5)39-43(10,11)40-45(13,20-15-27(28,29)30)38-42(8,9)22-36-26(32)24(3)4/h1,3,14-22H2,2,4-13H3. The lowest BCUT2D eigenvalue weighted by Crippen LogP contribution is -2.61. The van der Waals surface area contributed by atoms with E-state index in [9.17, 15) is 22.8 Å². The van der Waals surface area contributed by atoms with Crippen molar-refractivity contribution in [2.24, 2.45) is 0 Å². The van der Waals surface area contributed by atoms with Gasteiger partial charge in [0.1, 0.15) is 12.5 Å². The van der Waals surface area contributed by atoms with Crippen molar-refractivity contribution in [2.45, 2.75) is 97.3 Å². The zero-order valence-corrected chi connectivity index (χ0v) is 34.0. The first-order valence-electron chi connectivity index (χ1n) is 14.8. The zero-order valence-electron chi connectivity index (χ0n) is 29.0. The number of hydrogen-bond acceptors (Lipinski definition) is 10. The van der Waals surface area contributed by atoms with Gasteiger partial charge >= 0.3 is 43.8 Å². The van der Waals surface area contributed by atoms with E-state index in [4.69, 9.17) is 35.4 Å². The van der Waals surface area contributed by atoms with E-state index < -0.39 is 66.9 Å². The van der Waals surface area contributed by atoms with Crippen molar-refractivity contribution in [3.05, 3.63) is 24.3 Å². The van der Waals surface area contributed by atoms with Crippen LogP contribution in [0.1, 0.15) is 26.7 Å². The quantitative estimate of drug-likeness (QED) is 0.0491. The minimum absolute atomic E-state index is 0.0686. The number of hydrogen-bond donors (Lipinski definition) is 0. The summed E-state index contributed by atoms with van der Waals surface area (Å²) in [5, 5.41) is 0. The first kappa shape index (κ1) is 44.1. The van der Waals surface area contributed by atoms with Gasteiger partial charge < -0.3 is 35.4 Å². The molecule has 0 saturated heterocycles. The number of alkyl halides is 3. The summed E-state index contributed by atoms with van der Waals surface area (Å²) in [6.07, 6.45) is -4.91. The van der Waals surface area contributed by atoms with Crippen molar-refractivity contribution in [3.8, 4) is 0 Å². The molecule has 2 unspecified atom stereocenters. The minimum Gasteiger partial charge on any atom is -0.463 e. The Labute approximate surface area is 272 Å². The van der Waals surface area contributed by atoms with E-state index in [0.29, 0.717) is 32.3 Å². The molecule has 0 radical (unpaired) electrons. The fourth-order valence-corrected chi connectivity index (χ4v) is 28.2. The summed E-state index contributed by atoms with van der Waals surface area (Å²) in [6, 6.07) is 0.147. The van der Waals surface area contributed by atoms with Crippen LogP contribution >= 0.6 is 0 Å². The van der Waals surface area contributed by atoms with Crippen LogP contribution in [0.4, 0.5) is 13.2 Å². The second-order valence-electron chi connectivity index (χ2n) is 13.1. The largest absolute Gasteiger partial charge is 0.463 e. The molecule has 0 spiro atoms. The van der Waals surface area contributed by atoms with Crippen LogP contribution < -0.4 is 0 Å². The summed E-state index contributed by atoms with van der Waals surface area (Å²) in [5.41, 5.74) is 0.486. The summed E-state index contributed by atoms with van der Waals surface area (Å²) in [7, 11) is -13.8. The number of rotatable bonds is 23. The fraction of sp³-hybridized carbons (Fsp3) is 0.778. The summed E-state index contributed by atoms with van der Waals surface area (Å²) >= 11 is 0. The van der Waals surface area contributed by atoms with Crippen LogP contribution in [0, 0.1) is 0 Å². The monoisotopic (exact) mass is 736 g/mol. The molecule has 264 valence electrons. The predicted octanol–water partition coefficient (Wildman–Crippen LogP) is 6.63. The molecule has 0 aromatic heterocycles. The van der Waals surface area contributed by atoms with E-state index in [2.05, 4.69) is 13.2 Å². The van der Waals surface area contributed by atoms with Crippen molar-refractivity contribution < 1.29 is 58.2 Å². The van der Waals surface area contributed by atoms with Crippen LogP contribution in [-0.2, 0) is 45.0 Å². The van der Waals surface area contributed by atoms with Crippen LogP contribution in [0.15, 0.2) is 24.3 Å². The van der Waals surface area contributed by atoms with Crippen molar-refractivity contribution in [1.29, 1.82) is 0 Å². The number of esters is 2. The minimum atomic E-state index is -4.42. The van der Waals surface area contributed by atoms with E-state index >= 15 is 0 Å². The molecule has 0 amide bonds. The van der Waals surface area contributed by atoms with Crippen LogP contribution in [-0.4, -0.2) is 99.8 Å². The summed E-state index contributed by atoms with van der Waals surface area (Å²) < 4.78 is 88.1. The maximum Gasteiger partial charge on any atom is 0.389 e. The summed E-state index contributed by atoms with van der Waals surface area (Å²) in [4.78, 5) is 24.1. The van der Waals surface area contributed by atoms with Gasteiger partial charge in [0.15, 0.2) is 0 Å². The average molecular weight is 737 g/mol. The molecule has 0 aliphatic rings. The molecule has 10 nitrogen and oxygen atoms in total. The van der Waals surface area contributed by atoms with Crippen LogP contribution in [0.3, 0.4) is 0 Å². The molecule has 0 N–H and O–H groups in total. The summed E-state index contributed by atoms with van der Waals surface area (Å²) in [5.74, 6) is -1.11. The Kier molecular flexibility index (Phi) is 18.2. The normalized spacial score (nSPS) is 15.6.